The average molecular weight is 538 g/mol. The summed E-state index contributed by atoms with van der Waals surface area (Å²) in [4.78, 5) is 15.0. The van der Waals surface area contributed by atoms with Crippen molar-refractivity contribution in [2.24, 2.45) is 0 Å². The Morgan fingerprint density at radius 3 is 2.16 bits per heavy atom. The molecule has 202 valence electrons. The number of fused-ring (bicyclic) bond motifs is 1. The van der Waals surface area contributed by atoms with Crippen LogP contribution < -0.4 is 0 Å². The lowest BCUT2D eigenvalue weighted by atomic mass is 9.85. The van der Waals surface area contributed by atoms with Crippen LogP contribution in [0.5, 0.6) is 0 Å². The lowest BCUT2D eigenvalue weighted by Crippen LogP contribution is -2.31. The Morgan fingerprint density at radius 2 is 1.58 bits per heavy atom. The molecule has 38 heavy (non-hydrogen) atoms. The molecule has 3 heterocycles. The van der Waals surface area contributed by atoms with Crippen molar-refractivity contribution < 1.29 is 35.9 Å². The summed E-state index contributed by atoms with van der Waals surface area (Å²) in [5, 5.41) is 7.56. The monoisotopic (exact) mass is 538 g/mol. The van der Waals surface area contributed by atoms with Gasteiger partial charge in [0.2, 0.25) is 5.91 Å². The number of nitrogens with zero attached hydrogens (tertiary/aromatic N) is 4. The van der Waals surface area contributed by atoms with Gasteiger partial charge in [0.05, 0.1) is 23.3 Å². The maximum atomic E-state index is 13.4. The highest BCUT2D eigenvalue weighted by Crippen LogP contribution is 2.47. The Kier molecular flexibility index (Phi) is 6.49. The van der Waals surface area contributed by atoms with Gasteiger partial charge in [0.1, 0.15) is 18.7 Å². The molecule has 0 aliphatic carbocycles. The molecule has 1 aromatic heterocycles. The second-order valence-corrected chi connectivity index (χ2v) is 9.76. The average Bonchev–Trinajstić information content (AvgIpc) is 3.56. The molecule has 2 saturated heterocycles. The first-order chi connectivity index (χ1) is 17.8. The number of rotatable bonds is 5. The van der Waals surface area contributed by atoms with E-state index in [0.29, 0.717) is 18.6 Å². The summed E-state index contributed by atoms with van der Waals surface area (Å²) in [5.41, 5.74) is -1.18. The molecule has 0 spiro atoms. The zero-order chi connectivity index (χ0) is 27.4. The van der Waals surface area contributed by atoms with E-state index in [1.807, 2.05) is 31.2 Å². The Hall–Kier alpha value is -3.41. The molecule has 2 fully saturated rings. The van der Waals surface area contributed by atoms with Crippen molar-refractivity contribution in [2.45, 2.75) is 62.8 Å². The van der Waals surface area contributed by atoms with Gasteiger partial charge in [0, 0.05) is 18.5 Å². The quantitative estimate of drug-likeness (QED) is 0.391. The number of hydrogen-bond donors (Lipinski definition) is 0. The van der Waals surface area contributed by atoms with Gasteiger partial charge in [-0.05, 0) is 55.2 Å². The fourth-order valence-electron chi connectivity index (χ4n) is 5.60. The molecule has 2 aromatic carbocycles. The van der Waals surface area contributed by atoms with Crippen LogP contribution in [0.2, 0.25) is 0 Å². The minimum atomic E-state index is -4.96. The second-order valence-electron chi connectivity index (χ2n) is 9.76. The SMILES string of the molecule is Cc1ccccc1C1[C@@H](O[C@H](C)c2cc(C(F)(F)F)cc(C(F)(F)F)c2)CN2C(=O)C(n3cnnc3)C[C@@H]12. The van der Waals surface area contributed by atoms with E-state index in [0.717, 1.165) is 11.1 Å². The summed E-state index contributed by atoms with van der Waals surface area (Å²) in [6, 6.07) is 8.23. The van der Waals surface area contributed by atoms with Crippen molar-refractivity contribution >= 4 is 5.91 Å². The largest absolute Gasteiger partial charge is 0.416 e. The van der Waals surface area contributed by atoms with Gasteiger partial charge in [0.25, 0.3) is 0 Å². The topological polar surface area (TPSA) is 60.2 Å². The smallest absolute Gasteiger partial charge is 0.368 e. The van der Waals surface area contributed by atoms with Crippen LogP contribution in [0.4, 0.5) is 26.3 Å². The lowest BCUT2D eigenvalue weighted by Gasteiger charge is -2.28. The van der Waals surface area contributed by atoms with Crippen molar-refractivity contribution in [2.75, 3.05) is 6.54 Å². The molecule has 0 saturated carbocycles. The highest BCUT2D eigenvalue weighted by Gasteiger charge is 2.53. The molecule has 2 aliphatic rings. The minimum Gasteiger partial charge on any atom is -0.368 e. The molecule has 0 radical (unpaired) electrons. The third-order valence-corrected chi connectivity index (χ3v) is 7.43. The van der Waals surface area contributed by atoms with Crippen LogP contribution >= 0.6 is 0 Å². The van der Waals surface area contributed by atoms with Crippen LogP contribution in [0.1, 0.15) is 59.2 Å². The summed E-state index contributed by atoms with van der Waals surface area (Å²) in [7, 11) is 0. The van der Waals surface area contributed by atoms with Crippen LogP contribution in [-0.4, -0.2) is 44.3 Å². The zero-order valence-corrected chi connectivity index (χ0v) is 20.4. The van der Waals surface area contributed by atoms with E-state index in [1.54, 1.807) is 9.47 Å². The Morgan fingerprint density at radius 1 is 0.974 bits per heavy atom. The number of benzene rings is 2. The standard InChI is InChI=1S/C26H24F6N4O2/c1-14-5-3-4-6-19(14)23-20-10-21(35-12-33-34-13-35)24(37)36(20)11-22(23)38-15(2)16-7-17(25(27,28)29)9-18(8-16)26(30,31)32/h3-9,12-13,15,20-23H,10-11H2,1-2H3/t15-,20+,21?,22+,23?/m1/s1. The Labute approximate surface area is 214 Å². The minimum absolute atomic E-state index is 0.0990. The van der Waals surface area contributed by atoms with Gasteiger partial charge in [-0.1, -0.05) is 24.3 Å². The summed E-state index contributed by atoms with van der Waals surface area (Å²) in [6.45, 7) is 3.49. The third kappa shape index (κ3) is 4.77. The van der Waals surface area contributed by atoms with Gasteiger partial charge in [0.15, 0.2) is 0 Å². The predicted octanol–water partition coefficient (Wildman–Crippen LogP) is 5.71. The van der Waals surface area contributed by atoms with Crippen molar-refractivity contribution in [3.63, 3.8) is 0 Å². The highest BCUT2D eigenvalue weighted by molar-refractivity contribution is 5.84. The normalized spacial score (nSPS) is 24.6. The summed E-state index contributed by atoms with van der Waals surface area (Å²) in [6.07, 6.45) is -8.29. The van der Waals surface area contributed by atoms with E-state index >= 15 is 0 Å². The van der Waals surface area contributed by atoms with E-state index in [-0.39, 0.29) is 36.0 Å². The molecule has 1 amide bonds. The predicted molar refractivity (Wildman–Crippen MR) is 123 cm³/mol. The van der Waals surface area contributed by atoms with Gasteiger partial charge in [-0.3, -0.25) is 4.79 Å². The third-order valence-electron chi connectivity index (χ3n) is 7.43. The number of carbonyl (C=O) groups excluding carboxylic acids is 1. The Balaban J connectivity index is 1.48. The molecule has 2 unspecified atom stereocenters. The molecule has 6 nitrogen and oxygen atoms in total. The fourth-order valence-corrected chi connectivity index (χ4v) is 5.60. The molecule has 0 bridgehead atoms. The summed E-state index contributed by atoms with van der Waals surface area (Å²) < 4.78 is 88.4. The van der Waals surface area contributed by atoms with Crippen molar-refractivity contribution in [1.82, 2.24) is 19.7 Å². The van der Waals surface area contributed by atoms with E-state index in [9.17, 15) is 31.1 Å². The highest BCUT2D eigenvalue weighted by atomic mass is 19.4. The van der Waals surface area contributed by atoms with E-state index in [4.69, 9.17) is 4.74 Å². The molecule has 2 aliphatic heterocycles. The van der Waals surface area contributed by atoms with E-state index in [2.05, 4.69) is 10.2 Å². The zero-order valence-electron chi connectivity index (χ0n) is 20.4. The number of alkyl halides is 6. The first-order valence-electron chi connectivity index (χ1n) is 12.0. The maximum absolute atomic E-state index is 13.4. The second kappa shape index (κ2) is 9.40. The van der Waals surface area contributed by atoms with Gasteiger partial charge in [-0.25, -0.2) is 0 Å². The van der Waals surface area contributed by atoms with E-state index < -0.39 is 41.7 Å². The first kappa shape index (κ1) is 26.2. The Bertz CT molecular complexity index is 1290. The van der Waals surface area contributed by atoms with Crippen molar-refractivity contribution in [3.05, 3.63) is 82.9 Å². The van der Waals surface area contributed by atoms with Gasteiger partial charge >= 0.3 is 12.4 Å². The molecule has 5 rings (SSSR count). The number of hydrogen-bond acceptors (Lipinski definition) is 4. The molecule has 3 aromatic rings. The molecule has 5 atom stereocenters. The van der Waals surface area contributed by atoms with Crippen LogP contribution in [0.25, 0.3) is 0 Å². The first-order valence-corrected chi connectivity index (χ1v) is 12.0. The summed E-state index contributed by atoms with van der Waals surface area (Å²) >= 11 is 0. The van der Waals surface area contributed by atoms with Gasteiger partial charge in [-0.15, -0.1) is 10.2 Å². The number of halogens is 6. The number of aromatic nitrogens is 3. The molecular formula is C26H24F6N4O2. The van der Waals surface area contributed by atoms with Crippen molar-refractivity contribution in [1.29, 1.82) is 0 Å². The van der Waals surface area contributed by atoms with Crippen LogP contribution in [-0.2, 0) is 21.9 Å². The molecule has 0 N–H and O–H groups in total. The number of carbonyl (C=O) groups is 1. The van der Waals surface area contributed by atoms with Gasteiger partial charge < -0.3 is 14.2 Å². The van der Waals surface area contributed by atoms with Gasteiger partial charge in [-0.2, -0.15) is 26.3 Å². The summed E-state index contributed by atoms with van der Waals surface area (Å²) in [5.74, 6) is -0.498. The lowest BCUT2D eigenvalue weighted by molar-refractivity contribution is -0.143. The number of aryl methyl sites for hydroxylation is 1. The maximum Gasteiger partial charge on any atom is 0.416 e. The van der Waals surface area contributed by atoms with Crippen LogP contribution in [0, 0.1) is 6.92 Å². The van der Waals surface area contributed by atoms with Crippen LogP contribution in [0.3, 0.4) is 0 Å². The molecular weight excluding hydrogens is 514 g/mol. The number of ether oxygens (including phenoxy) is 1. The van der Waals surface area contributed by atoms with Crippen molar-refractivity contribution in [3.8, 4) is 0 Å². The van der Waals surface area contributed by atoms with Crippen LogP contribution in [0.15, 0.2) is 55.1 Å². The van der Waals surface area contributed by atoms with E-state index in [1.165, 1.54) is 19.6 Å². The molecule has 12 heteroatoms. The number of amides is 1. The fraction of sp³-hybridized carbons (Fsp3) is 0.423.